The molecule has 0 radical (unpaired) electrons. The Balaban J connectivity index is 1.23. The largest absolute Gasteiger partial charge is 0.496 e. The normalized spacial score (nSPS) is 28.4. The molecule has 0 spiro atoms. The SMILES string of the molecule is C=C1CCCN1CCCNC(=O)c1cc(-c2cccc(CN3O[C@@H](CO)[C@@H]([C@H](C)O)[C@H]3C(=O)N[C@H]3C[C@H]4C[C@@H]([C@@H]3C)C4(C)C)c2OC)cc(N(C)C)c1. The van der Waals surface area contributed by atoms with Crippen LogP contribution in [0.1, 0.15) is 75.7 Å². The average molecular weight is 732 g/mol. The summed E-state index contributed by atoms with van der Waals surface area (Å²) in [4.78, 5) is 38.3. The molecule has 11 nitrogen and oxygen atoms in total. The van der Waals surface area contributed by atoms with Gasteiger partial charge in [0, 0.05) is 73.8 Å². The zero-order valence-corrected chi connectivity index (χ0v) is 32.7. The maximum atomic E-state index is 14.2. The van der Waals surface area contributed by atoms with Gasteiger partial charge in [0.15, 0.2) is 0 Å². The minimum atomic E-state index is -0.893. The average Bonchev–Trinajstić information content (AvgIpc) is 3.72. The lowest BCUT2D eigenvalue weighted by Gasteiger charge is -2.62. The second-order valence-corrected chi connectivity index (χ2v) is 16.7. The molecule has 7 rings (SSSR count). The molecule has 0 aromatic heterocycles. The van der Waals surface area contributed by atoms with E-state index in [-0.39, 0.29) is 36.4 Å². The van der Waals surface area contributed by atoms with Gasteiger partial charge in [-0.15, -0.1) is 0 Å². The van der Waals surface area contributed by atoms with Gasteiger partial charge in [0.25, 0.3) is 5.91 Å². The number of fused-ring (bicyclic) bond motifs is 2. The Bertz CT molecular complexity index is 1660. The number of hydroxylamine groups is 2. The first-order valence-corrected chi connectivity index (χ1v) is 19.5. The standard InChI is InChI=1S/C42H61N5O6/c1-25-12-10-16-46(25)17-11-15-43-40(50)30-18-29(19-32(20-30)45(6)7)33-14-9-13-28(39(33)52-8)23-47-38(37(27(3)49)36(24-48)53-47)41(51)44-35-22-31-21-34(26(35)2)42(31,4)5/h9,13-14,18-20,26-27,31,34-38,48-49H,1,10-12,15-17,21-24H2,2-8H3,(H,43,50)(H,44,51)/t26-,27-,31+,34-,35-,36-,37+,38-/m0/s1. The van der Waals surface area contributed by atoms with E-state index >= 15 is 0 Å². The molecule has 2 aliphatic heterocycles. The second kappa shape index (κ2) is 16.0. The Hall–Kier alpha value is -3.64. The first-order chi connectivity index (χ1) is 25.2. The van der Waals surface area contributed by atoms with Crippen molar-refractivity contribution >= 4 is 17.5 Å². The van der Waals surface area contributed by atoms with E-state index in [1.54, 1.807) is 19.1 Å². The summed E-state index contributed by atoms with van der Waals surface area (Å²) in [5.41, 5.74) is 5.26. The summed E-state index contributed by atoms with van der Waals surface area (Å²) in [5.74, 6) is 1.09. The lowest BCUT2D eigenvalue weighted by molar-refractivity contribution is -0.183. The molecule has 2 heterocycles. The molecule has 5 aliphatic rings. The number of methoxy groups -OCH3 is 1. The van der Waals surface area contributed by atoms with E-state index in [9.17, 15) is 19.8 Å². The van der Waals surface area contributed by atoms with E-state index in [1.807, 2.05) is 55.4 Å². The molecule has 8 atom stereocenters. The summed E-state index contributed by atoms with van der Waals surface area (Å²) < 4.78 is 6.07. The van der Waals surface area contributed by atoms with Gasteiger partial charge in [-0.25, -0.2) is 0 Å². The van der Waals surface area contributed by atoms with E-state index in [4.69, 9.17) is 9.57 Å². The van der Waals surface area contributed by atoms with Crippen LogP contribution in [0.5, 0.6) is 5.75 Å². The molecular formula is C42H61N5O6. The Morgan fingerprint density at radius 2 is 1.96 bits per heavy atom. The summed E-state index contributed by atoms with van der Waals surface area (Å²) in [5, 5.41) is 29.3. The topological polar surface area (TPSA) is 127 Å². The lowest BCUT2D eigenvalue weighted by Crippen LogP contribution is -2.62. The maximum Gasteiger partial charge on any atom is 0.251 e. The molecule has 2 saturated heterocycles. The van der Waals surface area contributed by atoms with Crippen LogP contribution in [0.3, 0.4) is 0 Å². The van der Waals surface area contributed by atoms with Crippen molar-refractivity contribution in [1.82, 2.24) is 20.6 Å². The number of rotatable bonds is 14. The minimum absolute atomic E-state index is 0.0438. The molecule has 11 heteroatoms. The number of para-hydroxylation sites is 1. The number of aliphatic hydroxyl groups excluding tert-OH is 2. The van der Waals surface area contributed by atoms with E-state index in [0.717, 1.165) is 61.2 Å². The molecule has 2 aromatic rings. The highest BCUT2D eigenvalue weighted by Crippen LogP contribution is 2.61. The molecule has 5 fully saturated rings. The van der Waals surface area contributed by atoms with E-state index in [1.165, 1.54) is 12.1 Å². The third kappa shape index (κ3) is 7.81. The number of anilines is 1. The lowest BCUT2D eigenvalue weighted by atomic mass is 9.45. The third-order valence-electron chi connectivity index (χ3n) is 12.9. The van der Waals surface area contributed by atoms with Crippen molar-refractivity contribution in [2.45, 2.75) is 90.6 Å². The highest BCUT2D eigenvalue weighted by atomic mass is 16.7. The molecule has 2 aromatic carbocycles. The molecule has 3 saturated carbocycles. The summed E-state index contributed by atoms with van der Waals surface area (Å²) in [6.07, 6.45) is 3.52. The van der Waals surface area contributed by atoms with Crippen LogP contribution in [0, 0.1) is 29.1 Å². The zero-order valence-electron chi connectivity index (χ0n) is 32.7. The molecule has 290 valence electrons. The van der Waals surface area contributed by atoms with Crippen molar-refractivity contribution in [2.75, 3.05) is 52.3 Å². The molecule has 3 aliphatic carbocycles. The predicted octanol–water partition coefficient (Wildman–Crippen LogP) is 4.82. The van der Waals surface area contributed by atoms with Gasteiger partial charge in [-0.3, -0.25) is 14.4 Å². The van der Waals surface area contributed by atoms with Crippen molar-refractivity contribution in [3.05, 3.63) is 59.8 Å². The van der Waals surface area contributed by atoms with Crippen molar-refractivity contribution in [1.29, 1.82) is 0 Å². The van der Waals surface area contributed by atoms with Crippen LogP contribution in [-0.2, 0) is 16.2 Å². The highest BCUT2D eigenvalue weighted by molar-refractivity contribution is 5.97. The van der Waals surface area contributed by atoms with Crippen LogP contribution in [-0.4, -0.2) is 104 Å². The molecule has 4 N–H and O–H groups in total. The van der Waals surface area contributed by atoms with E-state index < -0.39 is 24.2 Å². The third-order valence-corrected chi connectivity index (χ3v) is 12.9. The highest BCUT2D eigenvalue weighted by Gasteiger charge is 2.57. The number of benzene rings is 2. The molecule has 53 heavy (non-hydrogen) atoms. The van der Waals surface area contributed by atoms with Gasteiger partial charge in [-0.05, 0) is 86.0 Å². The van der Waals surface area contributed by atoms with Gasteiger partial charge in [0.1, 0.15) is 17.9 Å². The number of amides is 2. The fraction of sp³-hybridized carbons (Fsp3) is 0.619. The minimum Gasteiger partial charge on any atom is -0.496 e. The summed E-state index contributed by atoms with van der Waals surface area (Å²) in [6.45, 7) is 15.0. The van der Waals surface area contributed by atoms with Crippen molar-refractivity contribution < 1.29 is 29.4 Å². The number of carbonyl (C=O) groups is 2. The van der Waals surface area contributed by atoms with Gasteiger partial charge in [-0.2, -0.15) is 5.06 Å². The van der Waals surface area contributed by atoms with Gasteiger partial charge in [-0.1, -0.05) is 45.5 Å². The number of nitrogens with one attached hydrogen (secondary N) is 2. The molecule has 2 amide bonds. The summed E-state index contributed by atoms with van der Waals surface area (Å²) in [7, 11) is 5.50. The van der Waals surface area contributed by atoms with Crippen LogP contribution < -0.4 is 20.3 Å². The quantitative estimate of drug-likeness (QED) is 0.203. The first-order valence-electron chi connectivity index (χ1n) is 19.5. The number of allylic oxidation sites excluding steroid dienone is 1. The van der Waals surface area contributed by atoms with Gasteiger partial charge in [0.2, 0.25) is 5.91 Å². The summed E-state index contributed by atoms with van der Waals surface area (Å²) >= 11 is 0. The van der Waals surface area contributed by atoms with Crippen molar-refractivity contribution in [2.24, 2.45) is 29.1 Å². The number of carbonyl (C=O) groups excluding carboxylic acids is 2. The molecular weight excluding hydrogens is 670 g/mol. The summed E-state index contributed by atoms with van der Waals surface area (Å²) in [6, 6.07) is 10.9. The number of hydrogen-bond acceptors (Lipinski definition) is 9. The maximum absolute atomic E-state index is 14.2. The number of likely N-dealkylation sites (tertiary alicyclic amines) is 1. The van der Waals surface area contributed by atoms with Crippen LogP contribution in [0.15, 0.2) is 48.7 Å². The fourth-order valence-electron chi connectivity index (χ4n) is 9.62. The van der Waals surface area contributed by atoms with Crippen LogP contribution in [0.2, 0.25) is 0 Å². The number of aliphatic hydroxyl groups is 2. The fourth-order valence-corrected chi connectivity index (χ4v) is 9.62. The Morgan fingerprint density at radius 3 is 2.58 bits per heavy atom. The van der Waals surface area contributed by atoms with Gasteiger partial charge in [0.05, 0.1) is 26.4 Å². The predicted molar refractivity (Wildman–Crippen MR) is 207 cm³/mol. The number of nitrogens with zero attached hydrogens (tertiary/aromatic N) is 3. The first kappa shape index (κ1) is 39.1. The Labute approximate surface area is 315 Å². The molecule has 2 bridgehead atoms. The van der Waals surface area contributed by atoms with Crippen molar-refractivity contribution in [3.8, 4) is 16.9 Å². The Kier molecular flexibility index (Phi) is 11.8. The number of hydrogen-bond donors (Lipinski definition) is 4. The van der Waals surface area contributed by atoms with Gasteiger partial charge >= 0.3 is 0 Å². The van der Waals surface area contributed by atoms with Gasteiger partial charge < -0.3 is 35.4 Å². The van der Waals surface area contributed by atoms with Crippen LogP contribution in [0.4, 0.5) is 5.69 Å². The van der Waals surface area contributed by atoms with E-state index in [2.05, 4.69) is 42.9 Å². The monoisotopic (exact) mass is 731 g/mol. The second-order valence-electron chi connectivity index (χ2n) is 16.7. The van der Waals surface area contributed by atoms with Crippen LogP contribution in [0.25, 0.3) is 11.1 Å². The molecule has 0 unspecified atom stereocenters. The number of ether oxygens (including phenoxy) is 1. The zero-order chi connectivity index (χ0) is 38.2. The Morgan fingerprint density at radius 1 is 1.19 bits per heavy atom. The van der Waals surface area contributed by atoms with Crippen LogP contribution >= 0.6 is 0 Å². The van der Waals surface area contributed by atoms with Crippen molar-refractivity contribution in [3.63, 3.8) is 0 Å². The van der Waals surface area contributed by atoms with E-state index in [0.29, 0.717) is 35.6 Å². The smallest absolute Gasteiger partial charge is 0.251 e.